The standard InChI is InChI=1S/C16H17NO6S3/c18-24(19)10-9-16(12-24)25(20,21)14-7-4-8-15(11-14)26(22,23)17-13-5-2-1-3-6-13/h1-8,11,16-17H,9-10,12H2/t16-/m1/s1. The van der Waals surface area contributed by atoms with Crippen LogP contribution in [0, 0.1) is 0 Å². The minimum Gasteiger partial charge on any atom is -0.280 e. The van der Waals surface area contributed by atoms with E-state index in [1.54, 1.807) is 30.3 Å². The van der Waals surface area contributed by atoms with Crippen LogP contribution >= 0.6 is 0 Å². The molecule has 0 aliphatic carbocycles. The van der Waals surface area contributed by atoms with Crippen LogP contribution in [0.25, 0.3) is 0 Å². The molecule has 0 bridgehead atoms. The zero-order chi connectivity index (χ0) is 19.0. The van der Waals surface area contributed by atoms with Gasteiger partial charge in [0.05, 0.1) is 26.5 Å². The van der Waals surface area contributed by atoms with Crippen LogP contribution in [0.2, 0.25) is 0 Å². The first-order valence-corrected chi connectivity index (χ1v) is 12.6. The van der Waals surface area contributed by atoms with Gasteiger partial charge in [-0.1, -0.05) is 24.3 Å². The minimum absolute atomic E-state index is 0.0178. The molecule has 3 rings (SSSR count). The van der Waals surface area contributed by atoms with E-state index >= 15 is 0 Å². The van der Waals surface area contributed by atoms with Crippen molar-refractivity contribution in [1.82, 2.24) is 0 Å². The molecule has 1 fully saturated rings. The van der Waals surface area contributed by atoms with E-state index in [4.69, 9.17) is 0 Å². The van der Waals surface area contributed by atoms with Crippen LogP contribution in [-0.2, 0) is 29.7 Å². The van der Waals surface area contributed by atoms with Gasteiger partial charge in [-0.05, 0) is 36.8 Å². The van der Waals surface area contributed by atoms with Crippen molar-refractivity contribution in [2.45, 2.75) is 21.5 Å². The summed E-state index contributed by atoms with van der Waals surface area (Å²) in [6, 6.07) is 13.2. The molecule has 0 saturated carbocycles. The summed E-state index contributed by atoms with van der Waals surface area (Å²) in [6.07, 6.45) is 0.0178. The molecule has 10 heteroatoms. The van der Waals surface area contributed by atoms with Gasteiger partial charge in [0, 0.05) is 5.69 Å². The molecule has 1 aliphatic rings. The fourth-order valence-electron chi connectivity index (χ4n) is 2.74. The summed E-state index contributed by atoms with van der Waals surface area (Å²) in [6.45, 7) is 0. The molecule has 2 aromatic carbocycles. The van der Waals surface area contributed by atoms with Gasteiger partial charge in [-0.25, -0.2) is 25.3 Å². The van der Waals surface area contributed by atoms with Crippen LogP contribution in [0.15, 0.2) is 64.4 Å². The molecule has 140 valence electrons. The second-order valence-corrected chi connectivity index (χ2v) is 12.2. The van der Waals surface area contributed by atoms with Crippen molar-refractivity contribution in [2.75, 3.05) is 16.2 Å². The average Bonchev–Trinajstić information content (AvgIpc) is 2.96. The molecular weight excluding hydrogens is 398 g/mol. The summed E-state index contributed by atoms with van der Waals surface area (Å²) in [4.78, 5) is -0.404. The largest absolute Gasteiger partial charge is 0.280 e. The summed E-state index contributed by atoms with van der Waals surface area (Å²) in [5, 5.41) is -1.05. The molecule has 1 atom stereocenters. The maximum atomic E-state index is 12.7. The van der Waals surface area contributed by atoms with Crippen molar-refractivity contribution in [3.63, 3.8) is 0 Å². The minimum atomic E-state index is -3.98. The van der Waals surface area contributed by atoms with Gasteiger partial charge in [0.1, 0.15) is 0 Å². The number of anilines is 1. The summed E-state index contributed by atoms with van der Waals surface area (Å²) >= 11 is 0. The normalized spacial score (nSPS) is 19.9. The lowest BCUT2D eigenvalue weighted by atomic mass is 10.3. The van der Waals surface area contributed by atoms with E-state index in [-0.39, 0.29) is 22.0 Å². The average molecular weight is 416 g/mol. The van der Waals surface area contributed by atoms with Crippen molar-refractivity contribution in [1.29, 1.82) is 0 Å². The van der Waals surface area contributed by atoms with Gasteiger partial charge in [-0.3, -0.25) is 4.72 Å². The molecule has 0 aromatic heterocycles. The number of para-hydroxylation sites is 1. The van der Waals surface area contributed by atoms with Crippen molar-refractivity contribution in [3.8, 4) is 0 Å². The molecule has 0 spiro atoms. The van der Waals surface area contributed by atoms with Crippen LogP contribution in [0.5, 0.6) is 0 Å². The number of benzene rings is 2. The Hall–Kier alpha value is -1.91. The smallest absolute Gasteiger partial charge is 0.261 e. The zero-order valence-corrected chi connectivity index (χ0v) is 16.0. The highest BCUT2D eigenvalue weighted by molar-refractivity contribution is 7.96. The van der Waals surface area contributed by atoms with E-state index in [9.17, 15) is 25.3 Å². The topological polar surface area (TPSA) is 114 Å². The Kier molecular flexibility index (Phi) is 4.84. The zero-order valence-electron chi connectivity index (χ0n) is 13.6. The molecule has 2 aromatic rings. The van der Waals surface area contributed by atoms with E-state index in [1.165, 1.54) is 18.2 Å². The second kappa shape index (κ2) is 6.67. The van der Waals surface area contributed by atoms with Crippen molar-refractivity contribution >= 4 is 35.4 Å². The number of hydrogen-bond donors (Lipinski definition) is 1. The predicted molar refractivity (Wildman–Crippen MR) is 97.9 cm³/mol. The van der Waals surface area contributed by atoms with Gasteiger partial charge >= 0.3 is 0 Å². The van der Waals surface area contributed by atoms with Gasteiger partial charge < -0.3 is 0 Å². The molecule has 1 N–H and O–H groups in total. The highest BCUT2D eigenvalue weighted by atomic mass is 32.2. The Labute approximate surface area is 153 Å². The van der Waals surface area contributed by atoms with E-state index in [0.717, 1.165) is 6.07 Å². The quantitative estimate of drug-likeness (QED) is 0.790. The SMILES string of the molecule is O=S1(=O)CC[C@@H](S(=O)(=O)c2cccc(S(=O)(=O)Nc3ccccc3)c2)C1. The van der Waals surface area contributed by atoms with Gasteiger partial charge in [-0.15, -0.1) is 0 Å². The fraction of sp³-hybridized carbons (Fsp3) is 0.250. The molecule has 1 saturated heterocycles. The van der Waals surface area contributed by atoms with Crippen molar-refractivity contribution < 1.29 is 25.3 Å². The van der Waals surface area contributed by atoms with Crippen LogP contribution < -0.4 is 4.72 Å². The highest BCUT2D eigenvalue weighted by Crippen LogP contribution is 2.27. The van der Waals surface area contributed by atoms with Crippen LogP contribution in [-0.4, -0.2) is 42.0 Å². The number of nitrogens with one attached hydrogen (secondary N) is 1. The fourth-order valence-corrected chi connectivity index (χ4v) is 8.32. The molecule has 26 heavy (non-hydrogen) atoms. The molecule has 1 aliphatic heterocycles. The molecule has 1 heterocycles. The Morgan fingerprint density at radius 2 is 1.54 bits per heavy atom. The summed E-state index contributed by atoms with van der Waals surface area (Å²) in [5.41, 5.74) is 0.350. The van der Waals surface area contributed by atoms with Crippen LogP contribution in [0.1, 0.15) is 6.42 Å². The molecular formula is C16H17NO6S3. The maximum Gasteiger partial charge on any atom is 0.261 e. The summed E-state index contributed by atoms with van der Waals surface area (Å²) in [5.74, 6) is -0.612. The van der Waals surface area contributed by atoms with E-state index in [0.29, 0.717) is 5.69 Å². The van der Waals surface area contributed by atoms with Gasteiger partial charge in [0.15, 0.2) is 19.7 Å². The maximum absolute atomic E-state index is 12.7. The Morgan fingerprint density at radius 3 is 2.15 bits per heavy atom. The van der Waals surface area contributed by atoms with Crippen molar-refractivity contribution in [3.05, 3.63) is 54.6 Å². The molecule has 0 radical (unpaired) electrons. The third-order valence-corrected chi connectivity index (χ3v) is 9.65. The lowest BCUT2D eigenvalue weighted by Crippen LogP contribution is -2.23. The van der Waals surface area contributed by atoms with E-state index < -0.39 is 40.7 Å². The Morgan fingerprint density at radius 1 is 0.885 bits per heavy atom. The summed E-state index contributed by atoms with van der Waals surface area (Å²) in [7, 11) is -11.3. The third kappa shape index (κ3) is 3.92. The molecule has 0 amide bonds. The molecule has 7 nitrogen and oxygen atoms in total. The van der Waals surface area contributed by atoms with E-state index in [2.05, 4.69) is 4.72 Å². The predicted octanol–water partition coefficient (Wildman–Crippen LogP) is 1.45. The van der Waals surface area contributed by atoms with Gasteiger partial charge in [0.25, 0.3) is 10.0 Å². The van der Waals surface area contributed by atoms with Crippen LogP contribution in [0.4, 0.5) is 5.69 Å². The van der Waals surface area contributed by atoms with Gasteiger partial charge in [-0.2, -0.15) is 0 Å². The Balaban J connectivity index is 1.93. The van der Waals surface area contributed by atoms with E-state index in [1.807, 2.05) is 0 Å². The van der Waals surface area contributed by atoms with Crippen LogP contribution in [0.3, 0.4) is 0 Å². The lowest BCUT2D eigenvalue weighted by Gasteiger charge is -2.12. The van der Waals surface area contributed by atoms with Crippen molar-refractivity contribution in [2.24, 2.45) is 0 Å². The number of hydrogen-bond acceptors (Lipinski definition) is 6. The second-order valence-electron chi connectivity index (χ2n) is 6.02. The first-order chi connectivity index (χ1) is 12.1. The number of rotatable bonds is 5. The monoisotopic (exact) mass is 415 g/mol. The number of sulfonamides is 1. The highest BCUT2D eigenvalue weighted by Gasteiger charge is 2.38. The molecule has 0 unspecified atom stereocenters. The van der Waals surface area contributed by atoms with Gasteiger partial charge in [0.2, 0.25) is 0 Å². The number of sulfone groups is 2. The first kappa shape index (κ1) is 18.9. The lowest BCUT2D eigenvalue weighted by molar-refractivity contribution is 0.582. The third-order valence-electron chi connectivity index (χ3n) is 4.10. The Bertz CT molecular complexity index is 1120. The first-order valence-electron chi connectivity index (χ1n) is 7.72. The summed E-state index contributed by atoms with van der Waals surface area (Å²) < 4.78 is 75.9.